The third-order valence-corrected chi connectivity index (χ3v) is 3.51. The number of benzene rings is 1. The number of rotatable bonds is 5. The van der Waals surface area contributed by atoms with E-state index < -0.39 is 11.8 Å². The molecule has 0 radical (unpaired) electrons. The van der Waals surface area contributed by atoms with Gasteiger partial charge in [-0.3, -0.25) is 19.2 Å². The molecule has 0 fully saturated rings. The van der Waals surface area contributed by atoms with E-state index in [0.29, 0.717) is 5.69 Å². The number of hydrogen-bond acceptors (Lipinski definition) is 5. The van der Waals surface area contributed by atoms with Gasteiger partial charge in [0.25, 0.3) is 11.8 Å². The normalized spacial score (nSPS) is 14.3. The van der Waals surface area contributed by atoms with E-state index in [9.17, 15) is 9.59 Å². The molecule has 0 bridgehead atoms. The summed E-state index contributed by atoms with van der Waals surface area (Å²) in [5, 5.41) is 16.0. The van der Waals surface area contributed by atoms with Crippen molar-refractivity contribution in [2.24, 2.45) is 7.05 Å². The van der Waals surface area contributed by atoms with E-state index in [1.54, 1.807) is 10.9 Å². The number of anilines is 1. The Morgan fingerprint density at radius 2 is 2.09 bits per heavy atom. The minimum absolute atomic E-state index is 0.00489. The van der Waals surface area contributed by atoms with Crippen LogP contribution in [0.15, 0.2) is 48.4 Å². The van der Waals surface area contributed by atoms with Crippen LogP contribution in [0.3, 0.4) is 0 Å². The van der Waals surface area contributed by atoms with Crippen LogP contribution in [-0.2, 0) is 16.6 Å². The van der Waals surface area contributed by atoms with Crippen LogP contribution in [0.25, 0.3) is 11.1 Å². The predicted octanol–water partition coefficient (Wildman–Crippen LogP) is 0.744. The summed E-state index contributed by atoms with van der Waals surface area (Å²) in [6, 6.07) is 7.49. The van der Waals surface area contributed by atoms with Gasteiger partial charge < -0.3 is 10.4 Å². The molecule has 7 nitrogen and oxygen atoms in total. The van der Waals surface area contributed by atoms with Crippen molar-refractivity contribution >= 4 is 17.5 Å². The molecule has 118 valence electrons. The van der Waals surface area contributed by atoms with Gasteiger partial charge in [0.05, 0.1) is 19.3 Å². The highest BCUT2D eigenvalue weighted by Gasteiger charge is 2.30. The second-order valence-corrected chi connectivity index (χ2v) is 5.19. The number of aromatic nitrogens is 2. The summed E-state index contributed by atoms with van der Waals surface area (Å²) >= 11 is 0. The molecule has 0 unspecified atom stereocenters. The third kappa shape index (κ3) is 3.00. The van der Waals surface area contributed by atoms with Crippen LogP contribution in [0.2, 0.25) is 0 Å². The number of nitrogens with zero attached hydrogens (tertiary/aromatic N) is 3. The Morgan fingerprint density at radius 1 is 1.26 bits per heavy atom. The van der Waals surface area contributed by atoms with Crippen molar-refractivity contribution in [3.8, 4) is 11.1 Å². The van der Waals surface area contributed by atoms with Crippen LogP contribution in [0, 0.1) is 0 Å². The molecule has 2 amide bonds. The summed E-state index contributed by atoms with van der Waals surface area (Å²) in [6.45, 7) is -0.260. The first-order valence-electron chi connectivity index (χ1n) is 7.13. The van der Waals surface area contributed by atoms with Gasteiger partial charge >= 0.3 is 0 Å². The topological polar surface area (TPSA) is 87.5 Å². The second kappa shape index (κ2) is 6.05. The Hall–Kier alpha value is -2.93. The monoisotopic (exact) mass is 312 g/mol. The van der Waals surface area contributed by atoms with Gasteiger partial charge in [0.1, 0.15) is 5.70 Å². The Bertz CT molecular complexity index is 794. The van der Waals surface area contributed by atoms with Crippen molar-refractivity contribution in [1.29, 1.82) is 0 Å². The van der Waals surface area contributed by atoms with Crippen molar-refractivity contribution in [2.75, 3.05) is 18.5 Å². The highest BCUT2D eigenvalue weighted by molar-refractivity contribution is 6.17. The molecule has 23 heavy (non-hydrogen) atoms. The molecule has 0 aliphatic carbocycles. The molecule has 1 aromatic carbocycles. The summed E-state index contributed by atoms with van der Waals surface area (Å²) in [7, 11) is 1.84. The molecule has 0 atom stereocenters. The Kier molecular flexibility index (Phi) is 3.94. The molecule has 2 heterocycles. The van der Waals surface area contributed by atoms with Gasteiger partial charge in [-0.05, 0) is 17.7 Å². The quantitative estimate of drug-likeness (QED) is 0.795. The number of aryl methyl sites for hydroxylation is 1. The maximum Gasteiger partial charge on any atom is 0.277 e. The fourth-order valence-electron chi connectivity index (χ4n) is 2.41. The third-order valence-electron chi connectivity index (χ3n) is 3.51. The van der Waals surface area contributed by atoms with Crippen molar-refractivity contribution < 1.29 is 14.7 Å². The molecule has 0 saturated carbocycles. The fraction of sp³-hybridized carbons (Fsp3) is 0.188. The van der Waals surface area contributed by atoms with Crippen LogP contribution in [-0.4, -0.2) is 44.8 Å². The molecule has 3 rings (SSSR count). The van der Waals surface area contributed by atoms with E-state index in [2.05, 4.69) is 10.4 Å². The van der Waals surface area contributed by atoms with Gasteiger partial charge in [-0.2, -0.15) is 5.10 Å². The number of carbonyl (C=O) groups excluding carboxylic acids is 2. The summed E-state index contributed by atoms with van der Waals surface area (Å²) in [5.41, 5.74) is 2.81. The van der Waals surface area contributed by atoms with E-state index >= 15 is 0 Å². The molecule has 1 aliphatic heterocycles. The number of carbonyl (C=O) groups is 2. The van der Waals surface area contributed by atoms with Crippen molar-refractivity contribution in [3.05, 3.63) is 48.4 Å². The maximum absolute atomic E-state index is 12.1. The molecule has 1 aliphatic rings. The van der Waals surface area contributed by atoms with E-state index in [0.717, 1.165) is 16.0 Å². The number of imide groups is 1. The van der Waals surface area contributed by atoms with Gasteiger partial charge in [-0.15, -0.1) is 0 Å². The molecule has 1 aromatic heterocycles. The Labute approximate surface area is 132 Å². The lowest BCUT2D eigenvalue weighted by Gasteiger charge is -2.13. The number of amides is 2. The van der Waals surface area contributed by atoms with Gasteiger partial charge in [0.2, 0.25) is 0 Å². The number of nitrogens with one attached hydrogen (secondary N) is 1. The Balaban J connectivity index is 1.80. The summed E-state index contributed by atoms with van der Waals surface area (Å²) in [6.07, 6.45) is 4.89. The molecular weight excluding hydrogens is 296 g/mol. The van der Waals surface area contributed by atoms with Gasteiger partial charge in [0.15, 0.2) is 0 Å². The zero-order valence-corrected chi connectivity index (χ0v) is 12.6. The predicted molar refractivity (Wildman–Crippen MR) is 84.2 cm³/mol. The fourth-order valence-corrected chi connectivity index (χ4v) is 2.41. The minimum Gasteiger partial charge on any atom is -0.395 e. The van der Waals surface area contributed by atoms with Crippen LogP contribution < -0.4 is 5.32 Å². The molecule has 0 spiro atoms. The van der Waals surface area contributed by atoms with Crippen molar-refractivity contribution in [2.45, 2.75) is 0 Å². The van der Waals surface area contributed by atoms with Gasteiger partial charge in [0, 0.05) is 30.6 Å². The largest absolute Gasteiger partial charge is 0.395 e. The SMILES string of the molecule is Cn1cc(-c2cccc(NC3=CC(=O)N(CCO)C3=O)c2)cn1. The molecule has 2 aromatic rings. The highest BCUT2D eigenvalue weighted by Crippen LogP contribution is 2.24. The first-order valence-corrected chi connectivity index (χ1v) is 7.13. The summed E-state index contributed by atoms with van der Waals surface area (Å²) in [4.78, 5) is 24.9. The van der Waals surface area contributed by atoms with Crippen LogP contribution >= 0.6 is 0 Å². The first kappa shape index (κ1) is 15.0. The average Bonchev–Trinajstić information content (AvgIpc) is 3.07. The van der Waals surface area contributed by atoms with Crippen LogP contribution in [0.4, 0.5) is 5.69 Å². The second-order valence-electron chi connectivity index (χ2n) is 5.19. The number of hydrogen-bond donors (Lipinski definition) is 2. The number of aliphatic hydroxyl groups is 1. The smallest absolute Gasteiger partial charge is 0.277 e. The maximum atomic E-state index is 12.1. The lowest BCUT2D eigenvalue weighted by atomic mass is 10.1. The van der Waals surface area contributed by atoms with E-state index in [1.807, 2.05) is 37.5 Å². The van der Waals surface area contributed by atoms with Crippen LogP contribution in [0.1, 0.15) is 0 Å². The van der Waals surface area contributed by atoms with E-state index in [4.69, 9.17) is 5.11 Å². The summed E-state index contributed by atoms with van der Waals surface area (Å²) < 4.78 is 1.71. The lowest BCUT2D eigenvalue weighted by molar-refractivity contribution is -0.137. The van der Waals surface area contributed by atoms with Crippen molar-refractivity contribution in [3.63, 3.8) is 0 Å². The standard InChI is InChI=1S/C16H16N4O3/c1-19-10-12(9-17-19)11-3-2-4-13(7-11)18-14-8-15(22)20(5-6-21)16(14)23/h2-4,7-10,18,21H,5-6H2,1H3. The molecule has 0 saturated heterocycles. The number of aliphatic hydroxyl groups excluding tert-OH is 1. The molecular formula is C16H16N4O3. The Morgan fingerprint density at radius 3 is 2.78 bits per heavy atom. The lowest BCUT2D eigenvalue weighted by Crippen LogP contribution is -2.34. The highest BCUT2D eigenvalue weighted by atomic mass is 16.3. The minimum atomic E-state index is -0.434. The first-order chi connectivity index (χ1) is 11.1. The van der Waals surface area contributed by atoms with E-state index in [1.165, 1.54) is 6.08 Å². The zero-order valence-electron chi connectivity index (χ0n) is 12.6. The van der Waals surface area contributed by atoms with Gasteiger partial charge in [-0.25, -0.2) is 0 Å². The molecule has 7 heteroatoms. The molecule has 2 N–H and O–H groups in total. The number of β-amino-alcohol motifs (C(OH)–C–C–N with tert-alkyl or cyclic N) is 1. The average molecular weight is 312 g/mol. The van der Waals surface area contributed by atoms with Crippen molar-refractivity contribution in [1.82, 2.24) is 14.7 Å². The van der Waals surface area contributed by atoms with Crippen LogP contribution in [0.5, 0.6) is 0 Å². The van der Waals surface area contributed by atoms with E-state index in [-0.39, 0.29) is 18.8 Å². The zero-order chi connectivity index (χ0) is 16.4. The summed E-state index contributed by atoms with van der Waals surface area (Å²) in [5.74, 6) is -0.856. The van der Waals surface area contributed by atoms with Gasteiger partial charge in [-0.1, -0.05) is 12.1 Å².